The van der Waals surface area contributed by atoms with Crippen molar-refractivity contribution in [3.05, 3.63) is 11.1 Å². The molecule has 2 aromatic heterocycles. The number of H-pyrrole nitrogens is 1. The Labute approximate surface area is 128 Å². The first-order valence-corrected chi connectivity index (χ1v) is 8.26. The number of rotatable bonds is 6. The Kier molecular flexibility index (Phi) is 4.70. The molecule has 0 amide bonds. The van der Waals surface area contributed by atoms with E-state index in [-0.39, 0.29) is 4.75 Å². The Hall–Kier alpha value is -1.08. The molecule has 0 aliphatic heterocycles. The smallest absolute Gasteiger partial charge is 0.242 e. The normalized spacial score (nSPS) is 12.0. The number of fused-ring (bicyclic) bond motifs is 1. The van der Waals surface area contributed by atoms with E-state index < -0.39 is 0 Å². The highest BCUT2D eigenvalue weighted by Gasteiger charge is 2.27. The quantitative estimate of drug-likeness (QED) is 0.828. The summed E-state index contributed by atoms with van der Waals surface area (Å²) in [4.78, 5) is 11.6. The van der Waals surface area contributed by atoms with Gasteiger partial charge < -0.3 is 9.72 Å². The van der Waals surface area contributed by atoms with Gasteiger partial charge in [0.2, 0.25) is 5.88 Å². The predicted molar refractivity (Wildman–Crippen MR) is 86.1 cm³/mol. The predicted octanol–water partition coefficient (Wildman–Crippen LogP) is 3.42. The van der Waals surface area contributed by atoms with Crippen LogP contribution in [0.5, 0.6) is 5.88 Å². The molecule has 0 bridgehead atoms. The van der Waals surface area contributed by atoms with Crippen LogP contribution in [-0.2, 0) is 6.54 Å². The summed E-state index contributed by atoms with van der Waals surface area (Å²) in [5.41, 5.74) is 1.57. The van der Waals surface area contributed by atoms with Crippen molar-refractivity contribution in [2.75, 3.05) is 13.4 Å². The summed E-state index contributed by atoms with van der Waals surface area (Å²) >= 11 is 7.33. The van der Waals surface area contributed by atoms with E-state index in [2.05, 4.69) is 39.6 Å². The summed E-state index contributed by atoms with van der Waals surface area (Å²) in [6.45, 7) is 5.27. The summed E-state index contributed by atoms with van der Waals surface area (Å²) < 4.78 is 8.15. The van der Waals surface area contributed by atoms with Crippen LogP contribution in [-0.4, -0.2) is 37.6 Å². The summed E-state index contributed by atoms with van der Waals surface area (Å²) in [6.07, 6.45) is 5.84. The lowest BCUT2D eigenvalue weighted by Gasteiger charge is -2.30. The van der Waals surface area contributed by atoms with Crippen LogP contribution in [0.3, 0.4) is 0 Å². The van der Waals surface area contributed by atoms with E-state index in [0.717, 1.165) is 30.6 Å². The number of aromatic nitrogens is 4. The summed E-state index contributed by atoms with van der Waals surface area (Å²) in [5.74, 6) is 0.530. The maximum Gasteiger partial charge on any atom is 0.242 e. The van der Waals surface area contributed by atoms with E-state index >= 15 is 0 Å². The number of thioether (sulfide) groups is 1. The molecule has 110 valence electrons. The van der Waals surface area contributed by atoms with E-state index in [0.29, 0.717) is 10.7 Å². The SMILES string of the molecule is CCC(CC)(Cn1c(=S)[nH]c2c(OC)ncnc21)SC. The highest BCUT2D eigenvalue weighted by atomic mass is 32.2. The molecule has 0 radical (unpaired) electrons. The van der Waals surface area contributed by atoms with Crippen LogP contribution < -0.4 is 4.74 Å². The summed E-state index contributed by atoms with van der Waals surface area (Å²) in [5, 5.41) is 0. The van der Waals surface area contributed by atoms with Crippen molar-refractivity contribution in [1.82, 2.24) is 19.5 Å². The van der Waals surface area contributed by atoms with E-state index in [1.54, 1.807) is 7.11 Å². The molecule has 2 heterocycles. The lowest BCUT2D eigenvalue weighted by molar-refractivity contribution is 0.401. The average molecular weight is 312 g/mol. The lowest BCUT2D eigenvalue weighted by atomic mass is 10.0. The lowest BCUT2D eigenvalue weighted by Crippen LogP contribution is -2.29. The van der Waals surface area contributed by atoms with Gasteiger partial charge in [-0.25, -0.2) is 4.98 Å². The molecule has 0 aliphatic rings. The van der Waals surface area contributed by atoms with E-state index in [9.17, 15) is 0 Å². The number of ether oxygens (including phenoxy) is 1. The van der Waals surface area contributed by atoms with Crippen molar-refractivity contribution in [3.8, 4) is 5.88 Å². The first-order valence-electron chi connectivity index (χ1n) is 6.63. The molecular formula is C13H20N4OS2. The van der Waals surface area contributed by atoms with Gasteiger partial charge in [0.05, 0.1) is 7.11 Å². The van der Waals surface area contributed by atoms with Crippen molar-refractivity contribution in [2.24, 2.45) is 0 Å². The Morgan fingerprint density at radius 3 is 2.65 bits per heavy atom. The second-order valence-corrected chi connectivity index (χ2v) is 6.35. The highest BCUT2D eigenvalue weighted by molar-refractivity contribution is 8.00. The van der Waals surface area contributed by atoms with Crippen molar-refractivity contribution in [3.63, 3.8) is 0 Å². The number of methoxy groups -OCH3 is 1. The molecule has 20 heavy (non-hydrogen) atoms. The fourth-order valence-electron chi connectivity index (χ4n) is 2.36. The van der Waals surface area contributed by atoms with Gasteiger partial charge in [-0.05, 0) is 31.3 Å². The maximum atomic E-state index is 5.45. The standard InChI is InChI=1S/C13H20N4OS2/c1-5-13(6-2,20-4)7-17-10-9(16-12(17)19)11(18-3)15-8-14-10/h8H,5-7H2,1-4H3,(H,16,19). The molecule has 0 aromatic carbocycles. The first-order chi connectivity index (χ1) is 9.60. The zero-order valence-electron chi connectivity index (χ0n) is 12.3. The Morgan fingerprint density at radius 1 is 1.40 bits per heavy atom. The Balaban J connectivity index is 2.55. The molecule has 0 unspecified atom stereocenters. The largest absolute Gasteiger partial charge is 0.479 e. The zero-order chi connectivity index (χ0) is 14.8. The third kappa shape index (κ3) is 2.56. The molecular weight excluding hydrogens is 292 g/mol. The molecule has 0 saturated heterocycles. The average Bonchev–Trinajstić information content (AvgIpc) is 2.80. The third-order valence-electron chi connectivity index (χ3n) is 3.89. The number of hydrogen-bond donors (Lipinski definition) is 1. The summed E-state index contributed by atoms with van der Waals surface area (Å²) in [6, 6.07) is 0. The Bertz CT molecular complexity index is 637. The minimum absolute atomic E-state index is 0.172. The third-order valence-corrected chi connectivity index (χ3v) is 5.78. The van der Waals surface area contributed by atoms with Crippen molar-refractivity contribution < 1.29 is 4.74 Å². The second-order valence-electron chi connectivity index (χ2n) is 4.69. The zero-order valence-corrected chi connectivity index (χ0v) is 13.9. The van der Waals surface area contributed by atoms with Gasteiger partial charge in [0, 0.05) is 11.3 Å². The van der Waals surface area contributed by atoms with Crippen LogP contribution in [0.4, 0.5) is 0 Å². The number of imidazole rings is 1. The first kappa shape index (κ1) is 15.3. The van der Waals surface area contributed by atoms with Crippen molar-refractivity contribution in [1.29, 1.82) is 0 Å². The molecule has 0 saturated carbocycles. The highest BCUT2D eigenvalue weighted by Crippen LogP contribution is 2.33. The summed E-state index contributed by atoms with van der Waals surface area (Å²) in [7, 11) is 1.60. The fourth-order valence-corrected chi connectivity index (χ4v) is 3.45. The number of hydrogen-bond acceptors (Lipinski definition) is 5. The van der Waals surface area contributed by atoms with E-state index in [1.165, 1.54) is 6.33 Å². The van der Waals surface area contributed by atoms with Gasteiger partial charge >= 0.3 is 0 Å². The van der Waals surface area contributed by atoms with E-state index in [1.807, 2.05) is 11.8 Å². The van der Waals surface area contributed by atoms with Crippen LogP contribution in [0, 0.1) is 4.77 Å². The van der Waals surface area contributed by atoms with Gasteiger partial charge in [0.25, 0.3) is 0 Å². The topological polar surface area (TPSA) is 55.7 Å². The molecule has 5 nitrogen and oxygen atoms in total. The second kappa shape index (κ2) is 6.13. The fraction of sp³-hybridized carbons (Fsp3) is 0.615. The molecule has 1 N–H and O–H groups in total. The van der Waals surface area contributed by atoms with Crippen LogP contribution in [0.2, 0.25) is 0 Å². The van der Waals surface area contributed by atoms with E-state index in [4.69, 9.17) is 17.0 Å². The van der Waals surface area contributed by atoms with Gasteiger partial charge in [-0.15, -0.1) is 0 Å². The van der Waals surface area contributed by atoms with Crippen LogP contribution in [0.25, 0.3) is 11.2 Å². The molecule has 0 spiro atoms. The van der Waals surface area contributed by atoms with Gasteiger partial charge in [-0.3, -0.25) is 4.57 Å². The van der Waals surface area contributed by atoms with Gasteiger partial charge in [0.1, 0.15) is 11.8 Å². The molecule has 7 heteroatoms. The molecule has 2 aromatic rings. The number of nitrogens with one attached hydrogen (secondary N) is 1. The molecule has 0 aliphatic carbocycles. The maximum absolute atomic E-state index is 5.45. The van der Waals surface area contributed by atoms with Crippen LogP contribution >= 0.6 is 24.0 Å². The van der Waals surface area contributed by atoms with Crippen LogP contribution in [0.15, 0.2) is 6.33 Å². The number of aromatic amines is 1. The van der Waals surface area contributed by atoms with Gasteiger partial charge in [-0.2, -0.15) is 16.7 Å². The molecule has 0 atom stereocenters. The van der Waals surface area contributed by atoms with Crippen LogP contribution in [0.1, 0.15) is 26.7 Å². The molecule has 0 fully saturated rings. The monoisotopic (exact) mass is 312 g/mol. The van der Waals surface area contributed by atoms with Gasteiger partial charge in [-0.1, -0.05) is 13.8 Å². The number of nitrogens with zero attached hydrogens (tertiary/aromatic N) is 3. The molecule has 2 rings (SSSR count). The minimum atomic E-state index is 0.172. The Morgan fingerprint density at radius 2 is 2.10 bits per heavy atom. The minimum Gasteiger partial charge on any atom is -0.479 e. The van der Waals surface area contributed by atoms with Crippen molar-refractivity contribution >= 4 is 35.1 Å². The van der Waals surface area contributed by atoms with Gasteiger partial charge in [0.15, 0.2) is 10.4 Å². The van der Waals surface area contributed by atoms with Crippen molar-refractivity contribution in [2.45, 2.75) is 38.0 Å².